The van der Waals surface area contributed by atoms with Crippen molar-refractivity contribution in [2.75, 3.05) is 7.05 Å². The number of hydrogen-bond acceptors (Lipinski definition) is 1. The molecule has 1 nitrogen and oxygen atoms in total. The Balaban J connectivity index is 2.06. The highest BCUT2D eigenvalue weighted by Gasteiger charge is 2.10. The molecular formula is C16H16F2IN. The molecule has 0 amide bonds. The normalized spacial score (nSPS) is 12.4. The van der Waals surface area contributed by atoms with Crippen molar-refractivity contribution < 1.29 is 8.78 Å². The van der Waals surface area contributed by atoms with E-state index in [9.17, 15) is 8.78 Å². The molecular weight excluding hydrogens is 371 g/mol. The molecule has 1 N–H and O–H groups in total. The summed E-state index contributed by atoms with van der Waals surface area (Å²) in [6.07, 6.45) is 1.42. The quantitative estimate of drug-likeness (QED) is 0.767. The summed E-state index contributed by atoms with van der Waals surface area (Å²) >= 11 is 2.27. The highest BCUT2D eigenvalue weighted by molar-refractivity contribution is 14.1. The number of benzene rings is 2. The second-order valence-corrected chi connectivity index (χ2v) is 6.04. The molecule has 1 atom stereocenters. The number of halogens is 3. The fourth-order valence-electron chi connectivity index (χ4n) is 2.19. The minimum absolute atomic E-state index is 0.149. The Bertz CT molecular complexity index is 549. The Morgan fingerprint density at radius 3 is 2.05 bits per heavy atom. The molecule has 0 saturated heterocycles. The van der Waals surface area contributed by atoms with Gasteiger partial charge in [0.05, 0.1) is 0 Å². The van der Waals surface area contributed by atoms with Gasteiger partial charge >= 0.3 is 0 Å². The van der Waals surface area contributed by atoms with E-state index in [1.54, 1.807) is 0 Å². The van der Waals surface area contributed by atoms with Crippen LogP contribution in [-0.4, -0.2) is 13.1 Å². The first-order valence-corrected chi connectivity index (χ1v) is 7.51. The molecule has 0 aliphatic rings. The molecule has 4 heteroatoms. The van der Waals surface area contributed by atoms with Crippen LogP contribution in [0.5, 0.6) is 0 Å². The van der Waals surface area contributed by atoms with Crippen LogP contribution in [0.25, 0.3) is 0 Å². The maximum absolute atomic E-state index is 13.2. The average molecular weight is 387 g/mol. The van der Waals surface area contributed by atoms with Crippen molar-refractivity contribution in [3.63, 3.8) is 0 Å². The van der Waals surface area contributed by atoms with Crippen LogP contribution in [0.15, 0.2) is 42.5 Å². The maximum atomic E-state index is 13.2. The van der Waals surface area contributed by atoms with E-state index in [2.05, 4.69) is 52.2 Å². The van der Waals surface area contributed by atoms with Crippen LogP contribution in [-0.2, 0) is 12.8 Å². The van der Waals surface area contributed by atoms with Gasteiger partial charge in [0, 0.05) is 15.7 Å². The minimum Gasteiger partial charge on any atom is -0.316 e. The van der Waals surface area contributed by atoms with E-state index < -0.39 is 11.6 Å². The van der Waals surface area contributed by atoms with Gasteiger partial charge in [-0.25, -0.2) is 8.78 Å². The van der Waals surface area contributed by atoms with Gasteiger partial charge in [-0.05, 0) is 77.9 Å². The minimum atomic E-state index is -0.524. The van der Waals surface area contributed by atoms with E-state index in [0.29, 0.717) is 12.0 Å². The summed E-state index contributed by atoms with van der Waals surface area (Å²) in [5, 5.41) is 3.21. The lowest BCUT2D eigenvalue weighted by Crippen LogP contribution is -2.30. The third kappa shape index (κ3) is 4.52. The lowest BCUT2D eigenvalue weighted by molar-refractivity contribution is 0.543. The van der Waals surface area contributed by atoms with Crippen molar-refractivity contribution in [3.8, 4) is 0 Å². The highest BCUT2D eigenvalue weighted by Crippen LogP contribution is 2.14. The molecule has 0 radical (unpaired) electrons. The van der Waals surface area contributed by atoms with E-state index in [-0.39, 0.29) is 6.04 Å². The van der Waals surface area contributed by atoms with Crippen LogP contribution in [0.1, 0.15) is 11.1 Å². The fraction of sp³-hybridized carbons (Fsp3) is 0.250. The van der Waals surface area contributed by atoms with Gasteiger partial charge in [0.15, 0.2) is 0 Å². The van der Waals surface area contributed by atoms with Gasteiger partial charge in [0.2, 0.25) is 0 Å². The van der Waals surface area contributed by atoms with E-state index in [1.807, 2.05) is 7.05 Å². The largest absolute Gasteiger partial charge is 0.316 e. The van der Waals surface area contributed by atoms with E-state index >= 15 is 0 Å². The van der Waals surface area contributed by atoms with Gasteiger partial charge in [-0.2, -0.15) is 0 Å². The standard InChI is InChI=1S/C16H16F2IN/c1-20-16(8-11-2-4-15(19)5-3-11)9-12-6-13(17)10-14(18)7-12/h2-7,10,16,20H,8-9H2,1H3. The van der Waals surface area contributed by atoms with Crippen LogP contribution in [0.2, 0.25) is 0 Å². The molecule has 0 saturated carbocycles. The van der Waals surface area contributed by atoms with Gasteiger partial charge in [-0.15, -0.1) is 0 Å². The molecule has 1 unspecified atom stereocenters. The first kappa shape index (κ1) is 15.4. The number of nitrogens with one attached hydrogen (secondary N) is 1. The molecule has 0 aliphatic heterocycles. The summed E-state index contributed by atoms with van der Waals surface area (Å²) < 4.78 is 27.6. The van der Waals surface area contributed by atoms with Crippen molar-refractivity contribution >= 4 is 22.6 Å². The maximum Gasteiger partial charge on any atom is 0.126 e. The summed E-state index contributed by atoms with van der Waals surface area (Å²) in [5.41, 5.74) is 1.88. The summed E-state index contributed by atoms with van der Waals surface area (Å²) in [6, 6.07) is 12.1. The van der Waals surface area contributed by atoms with Crippen molar-refractivity contribution in [2.24, 2.45) is 0 Å². The lowest BCUT2D eigenvalue weighted by Gasteiger charge is -2.16. The average Bonchev–Trinajstić information content (AvgIpc) is 2.39. The zero-order valence-electron chi connectivity index (χ0n) is 11.2. The molecule has 2 rings (SSSR count). The highest BCUT2D eigenvalue weighted by atomic mass is 127. The van der Waals surface area contributed by atoms with Crippen LogP contribution in [0, 0.1) is 15.2 Å². The molecule has 0 fully saturated rings. The Labute approximate surface area is 131 Å². The Hall–Kier alpha value is -1.01. The van der Waals surface area contributed by atoms with Crippen molar-refractivity contribution in [3.05, 3.63) is 68.8 Å². The number of likely N-dealkylation sites (N-methyl/N-ethyl adjacent to an activating group) is 1. The van der Waals surface area contributed by atoms with Gasteiger partial charge in [-0.1, -0.05) is 12.1 Å². The van der Waals surface area contributed by atoms with E-state index in [4.69, 9.17) is 0 Å². The molecule has 20 heavy (non-hydrogen) atoms. The molecule has 2 aromatic carbocycles. The number of hydrogen-bond donors (Lipinski definition) is 1. The molecule has 2 aromatic rings. The summed E-state index contributed by atoms with van der Waals surface area (Å²) in [4.78, 5) is 0. The molecule has 0 aromatic heterocycles. The Kier molecular flexibility index (Phi) is 5.48. The summed E-state index contributed by atoms with van der Waals surface area (Å²) in [7, 11) is 1.87. The van der Waals surface area contributed by atoms with Crippen molar-refractivity contribution in [1.82, 2.24) is 5.32 Å². The molecule has 0 bridgehead atoms. The zero-order valence-corrected chi connectivity index (χ0v) is 13.3. The first-order chi connectivity index (χ1) is 9.56. The second-order valence-electron chi connectivity index (χ2n) is 4.80. The predicted octanol–water partition coefficient (Wildman–Crippen LogP) is 3.94. The Morgan fingerprint density at radius 2 is 1.50 bits per heavy atom. The van der Waals surface area contributed by atoms with Gasteiger partial charge in [0.25, 0.3) is 0 Å². The second kappa shape index (κ2) is 7.13. The smallest absolute Gasteiger partial charge is 0.126 e. The third-order valence-electron chi connectivity index (χ3n) is 3.21. The molecule has 0 aliphatic carbocycles. The summed E-state index contributed by atoms with van der Waals surface area (Å²) in [5.74, 6) is -1.05. The SMILES string of the molecule is CNC(Cc1ccc(I)cc1)Cc1cc(F)cc(F)c1. The van der Waals surface area contributed by atoms with Gasteiger partial charge in [0.1, 0.15) is 11.6 Å². The van der Waals surface area contributed by atoms with Gasteiger partial charge in [-0.3, -0.25) is 0 Å². The van der Waals surface area contributed by atoms with Crippen LogP contribution >= 0.6 is 22.6 Å². The van der Waals surface area contributed by atoms with E-state index in [1.165, 1.54) is 21.3 Å². The van der Waals surface area contributed by atoms with Gasteiger partial charge < -0.3 is 5.32 Å². The van der Waals surface area contributed by atoms with Crippen LogP contribution in [0.4, 0.5) is 8.78 Å². The monoisotopic (exact) mass is 387 g/mol. The predicted molar refractivity (Wildman–Crippen MR) is 85.8 cm³/mol. The summed E-state index contributed by atoms with van der Waals surface area (Å²) in [6.45, 7) is 0. The first-order valence-electron chi connectivity index (χ1n) is 6.43. The Morgan fingerprint density at radius 1 is 0.950 bits per heavy atom. The molecule has 0 heterocycles. The van der Waals surface area contributed by atoms with Crippen LogP contribution < -0.4 is 5.32 Å². The zero-order chi connectivity index (χ0) is 14.5. The fourth-order valence-corrected chi connectivity index (χ4v) is 2.55. The van der Waals surface area contributed by atoms with Crippen LogP contribution in [0.3, 0.4) is 0 Å². The molecule has 0 spiro atoms. The number of rotatable bonds is 5. The van der Waals surface area contributed by atoms with Crippen molar-refractivity contribution in [1.29, 1.82) is 0 Å². The molecule has 106 valence electrons. The van der Waals surface area contributed by atoms with E-state index in [0.717, 1.165) is 12.5 Å². The third-order valence-corrected chi connectivity index (χ3v) is 3.93. The lowest BCUT2D eigenvalue weighted by atomic mass is 9.99. The topological polar surface area (TPSA) is 12.0 Å². The van der Waals surface area contributed by atoms with Crippen molar-refractivity contribution in [2.45, 2.75) is 18.9 Å².